The van der Waals surface area contributed by atoms with Crippen LogP contribution < -0.4 is 10.6 Å². The first-order chi connectivity index (χ1) is 10.3. The molecule has 21 heavy (non-hydrogen) atoms. The molecule has 1 atom stereocenters. The number of anilines is 1. The van der Waals surface area contributed by atoms with Gasteiger partial charge in [0.1, 0.15) is 0 Å². The summed E-state index contributed by atoms with van der Waals surface area (Å²) in [4.78, 5) is 13.5. The van der Waals surface area contributed by atoms with Crippen LogP contribution in [-0.4, -0.2) is 19.0 Å². The van der Waals surface area contributed by atoms with Gasteiger partial charge in [0.25, 0.3) is 0 Å². The Labute approximate surface area is 129 Å². The van der Waals surface area contributed by atoms with Crippen molar-refractivity contribution in [3.63, 3.8) is 0 Å². The Morgan fingerprint density at radius 1 is 1.29 bits per heavy atom. The van der Waals surface area contributed by atoms with Crippen molar-refractivity contribution < 1.29 is 4.79 Å². The molecule has 1 aliphatic rings. The van der Waals surface area contributed by atoms with E-state index in [2.05, 4.69) is 28.1 Å². The van der Waals surface area contributed by atoms with Gasteiger partial charge in [-0.25, -0.2) is 0 Å². The van der Waals surface area contributed by atoms with E-state index in [1.165, 1.54) is 11.3 Å². The largest absolute Gasteiger partial charge is 0.325 e. The van der Waals surface area contributed by atoms with Gasteiger partial charge in [0.05, 0.1) is 0 Å². The monoisotopic (exact) mass is 300 g/mol. The van der Waals surface area contributed by atoms with E-state index in [1.54, 1.807) is 11.3 Å². The fraction of sp³-hybridized carbons (Fsp3) is 0.353. The van der Waals surface area contributed by atoms with E-state index in [0.717, 1.165) is 30.8 Å². The fourth-order valence-corrected chi connectivity index (χ4v) is 3.57. The molecule has 0 radical (unpaired) electrons. The molecule has 1 aromatic carbocycles. The molecule has 1 saturated heterocycles. The van der Waals surface area contributed by atoms with Crippen molar-refractivity contribution in [2.45, 2.75) is 19.3 Å². The van der Waals surface area contributed by atoms with Crippen molar-refractivity contribution in [1.29, 1.82) is 0 Å². The molecule has 3 nitrogen and oxygen atoms in total. The normalized spacial score (nSPS) is 18.4. The standard InChI is InChI=1S/C17H20N2OS/c20-17(11-13-5-3-9-18-12-13)19-15-7-2-1-6-14(15)16-8-4-10-21-16/h1-2,4,6-8,10,13,18H,3,5,9,11-12H2,(H,19,20). The third-order valence-corrected chi connectivity index (χ3v) is 4.76. The highest BCUT2D eigenvalue weighted by Crippen LogP contribution is 2.31. The van der Waals surface area contributed by atoms with Crippen molar-refractivity contribution in [2.75, 3.05) is 18.4 Å². The highest BCUT2D eigenvalue weighted by atomic mass is 32.1. The minimum Gasteiger partial charge on any atom is -0.325 e. The quantitative estimate of drug-likeness (QED) is 0.903. The zero-order chi connectivity index (χ0) is 14.5. The second-order valence-corrected chi connectivity index (χ2v) is 6.44. The molecular formula is C17H20N2OS. The first-order valence-electron chi connectivity index (χ1n) is 7.46. The molecule has 2 heterocycles. The summed E-state index contributed by atoms with van der Waals surface area (Å²) in [6.07, 6.45) is 2.92. The summed E-state index contributed by atoms with van der Waals surface area (Å²) < 4.78 is 0. The number of carbonyl (C=O) groups excluding carboxylic acids is 1. The third kappa shape index (κ3) is 3.71. The van der Waals surface area contributed by atoms with E-state index < -0.39 is 0 Å². The van der Waals surface area contributed by atoms with E-state index >= 15 is 0 Å². The lowest BCUT2D eigenvalue weighted by atomic mass is 9.96. The van der Waals surface area contributed by atoms with Gasteiger partial charge in [0, 0.05) is 22.5 Å². The Morgan fingerprint density at radius 2 is 2.19 bits per heavy atom. The molecule has 0 spiro atoms. The molecule has 1 amide bonds. The molecule has 4 heteroatoms. The van der Waals surface area contributed by atoms with Crippen molar-refractivity contribution in [2.24, 2.45) is 5.92 Å². The van der Waals surface area contributed by atoms with Crippen molar-refractivity contribution in [1.82, 2.24) is 5.32 Å². The summed E-state index contributed by atoms with van der Waals surface area (Å²) in [5.74, 6) is 0.584. The minimum atomic E-state index is 0.118. The second-order valence-electron chi connectivity index (χ2n) is 5.49. The number of carbonyl (C=O) groups is 1. The molecule has 3 rings (SSSR count). The van der Waals surface area contributed by atoms with E-state index in [-0.39, 0.29) is 5.91 Å². The number of hydrogen-bond donors (Lipinski definition) is 2. The Hall–Kier alpha value is -1.65. The third-order valence-electron chi connectivity index (χ3n) is 3.86. The summed E-state index contributed by atoms with van der Waals surface area (Å²) in [7, 11) is 0. The second kappa shape index (κ2) is 6.87. The maximum absolute atomic E-state index is 12.3. The number of hydrogen-bond acceptors (Lipinski definition) is 3. The highest BCUT2D eigenvalue weighted by molar-refractivity contribution is 7.13. The van der Waals surface area contributed by atoms with Crippen LogP contribution in [0.1, 0.15) is 19.3 Å². The van der Waals surface area contributed by atoms with Gasteiger partial charge >= 0.3 is 0 Å². The predicted octanol–water partition coefficient (Wildman–Crippen LogP) is 3.74. The summed E-state index contributed by atoms with van der Waals surface area (Å²) >= 11 is 1.69. The van der Waals surface area contributed by atoms with E-state index in [4.69, 9.17) is 0 Å². The molecule has 1 fully saturated rings. The van der Waals surface area contributed by atoms with E-state index in [0.29, 0.717) is 12.3 Å². The SMILES string of the molecule is O=C(CC1CCCNC1)Nc1ccccc1-c1cccs1. The molecule has 2 N–H and O–H groups in total. The maximum atomic E-state index is 12.3. The van der Waals surface area contributed by atoms with Crippen LogP contribution in [0.4, 0.5) is 5.69 Å². The fourth-order valence-electron chi connectivity index (χ4n) is 2.80. The van der Waals surface area contributed by atoms with Crippen LogP contribution in [0.2, 0.25) is 0 Å². The van der Waals surface area contributed by atoms with Crippen LogP contribution in [0, 0.1) is 5.92 Å². The minimum absolute atomic E-state index is 0.118. The van der Waals surface area contributed by atoms with Crippen molar-refractivity contribution in [3.05, 3.63) is 41.8 Å². The number of para-hydroxylation sites is 1. The Balaban J connectivity index is 1.68. The number of thiophene rings is 1. The van der Waals surface area contributed by atoms with Crippen LogP contribution in [0.3, 0.4) is 0 Å². The van der Waals surface area contributed by atoms with Crippen LogP contribution in [0.15, 0.2) is 41.8 Å². The smallest absolute Gasteiger partial charge is 0.224 e. The van der Waals surface area contributed by atoms with Crippen LogP contribution in [-0.2, 0) is 4.79 Å². The van der Waals surface area contributed by atoms with Gasteiger partial charge in [-0.3, -0.25) is 4.79 Å². The molecule has 1 unspecified atom stereocenters. The topological polar surface area (TPSA) is 41.1 Å². The molecule has 110 valence electrons. The number of benzene rings is 1. The first-order valence-corrected chi connectivity index (χ1v) is 8.34. The molecule has 2 aromatic rings. The van der Waals surface area contributed by atoms with Gasteiger partial charge in [-0.05, 0) is 49.4 Å². The first kappa shape index (κ1) is 14.3. The van der Waals surface area contributed by atoms with E-state index in [1.807, 2.05) is 24.3 Å². The molecule has 0 saturated carbocycles. The summed E-state index contributed by atoms with van der Waals surface area (Å²) in [6, 6.07) is 12.1. The number of rotatable bonds is 4. The van der Waals surface area contributed by atoms with Gasteiger partial charge in [0.15, 0.2) is 0 Å². The lowest BCUT2D eigenvalue weighted by Crippen LogP contribution is -2.32. The molecule has 0 aliphatic carbocycles. The van der Waals surface area contributed by atoms with Crippen LogP contribution >= 0.6 is 11.3 Å². The molecule has 1 aromatic heterocycles. The Bertz CT molecular complexity index is 589. The predicted molar refractivity (Wildman–Crippen MR) is 88.6 cm³/mol. The summed E-state index contributed by atoms with van der Waals surface area (Å²) in [6.45, 7) is 2.04. The van der Waals surface area contributed by atoms with Gasteiger partial charge in [-0.2, -0.15) is 0 Å². The van der Waals surface area contributed by atoms with Gasteiger partial charge < -0.3 is 10.6 Å². The lowest BCUT2D eigenvalue weighted by Gasteiger charge is -2.22. The van der Waals surface area contributed by atoms with Crippen molar-refractivity contribution >= 4 is 22.9 Å². The number of piperidine rings is 1. The Kier molecular flexibility index (Phi) is 4.68. The number of amides is 1. The molecule has 1 aliphatic heterocycles. The zero-order valence-electron chi connectivity index (χ0n) is 12.0. The van der Waals surface area contributed by atoms with Gasteiger partial charge in [-0.15, -0.1) is 11.3 Å². The van der Waals surface area contributed by atoms with E-state index in [9.17, 15) is 4.79 Å². The van der Waals surface area contributed by atoms with Gasteiger partial charge in [-0.1, -0.05) is 24.3 Å². The maximum Gasteiger partial charge on any atom is 0.224 e. The van der Waals surface area contributed by atoms with Crippen LogP contribution in [0.5, 0.6) is 0 Å². The molecular weight excluding hydrogens is 280 g/mol. The molecule has 0 bridgehead atoms. The van der Waals surface area contributed by atoms with Crippen molar-refractivity contribution in [3.8, 4) is 10.4 Å². The lowest BCUT2D eigenvalue weighted by molar-refractivity contribution is -0.117. The number of nitrogens with one attached hydrogen (secondary N) is 2. The summed E-state index contributed by atoms with van der Waals surface area (Å²) in [5, 5.41) is 8.50. The van der Waals surface area contributed by atoms with Gasteiger partial charge in [0.2, 0.25) is 5.91 Å². The summed E-state index contributed by atoms with van der Waals surface area (Å²) in [5.41, 5.74) is 2.01. The highest BCUT2D eigenvalue weighted by Gasteiger charge is 2.17. The average Bonchev–Trinajstić information content (AvgIpc) is 3.03. The average molecular weight is 300 g/mol. The Morgan fingerprint density at radius 3 is 2.95 bits per heavy atom. The van der Waals surface area contributed by atoms with Crippen LogP contribution in [0.25, 0.3) is 10.4 Å². The zero-order valence-corrected chi connectivity index (χ0v) is 12.8.